The van der Waals surface area contributed by atoms with E-state index >= 15 is 0 Å². The number of nitrogens with two attached hydrogens (primary N) is 1. The normalized spacial score (nSPS) is 16.6. The maximum atomic E-state index is 12.2. The van der Waals surface area contributed by atoms with Crippen LogP contribution in [0.15, 0.2) is 36.4 Å². The molecule has 172 valence electrons. The van der Waals surface area contributed by atoms with E-state index < -0.39 is 6.04 Å². The highest BCUT2D eigenvalue weighted by Crippen LogP contribution is 2.28. The standard InChI is InChI=1S/C24H30ClN3O4/c1-16-5-4-6-17(2)23(16)28-10-9-27(20(15-28)24(26)30)11-12-32-21-13-18(7-8-19(21)25)14-22(29)31-3/h4-8,13,20H,9-12,14-15H2,1-3H3,(H2,26,30). The molecule has 1 aliphatic heterocycles. The topological polar surface area (TPSA) is 85.1 Å². The minimum absolute atomic E-state index is 0.147. The summed E-state index contributed by atoms with van der Waals surface area (Å²) in [4.78, 5) is 28.0. The van der Waals surface area contributed by atoms with Crippen LogP contribution in [-0.2, 0) is 20.7 Å². The summed E-state index contributed by atoms with van der Waals surface area (Å²) in [6.07, 6.45) is 0.147. The average Bonchev–Trinajstić information content (AvgIpc) is 2.76. The van der Waals surface area contributed by atoms with Gasteiger partial charge in [0.1, 0.15) is 18.4 Å². The molecule has 0 aliphatic carbocycles. The first-order valence-electron chi connectivity index (χ1n) is 10.6. The van der Waals surface area contributed by atoms with Gasteiger partial charge in [0.25, 0.3) is 0 Å². The van der Waals surface area contributed by atoms with Crippen molar-refractivity contribution in [2.75, 3.05) is 44.8 Å². The minimum Gasteiger partial charge on any atom is -0.491 e. The number of piperazine rings is 1. The minimum atomic E-state index is -0.410. The molecule has 0 spiro atoms. The average molecular weight is 460 g/mol. The van der Waals surface area contributed by atoms with Gasteiger partial charge in [0.05, 0.1) is 18.6 Å². The Morgan fingerprint density at radius 2 is 1.88 bits per heavy atom. The maximum absolute atomic E-state index is 12.2. The van der Waals surface area contributed by atoms with Crippen LogP contribution in [-0.4, -0.2) is 62.7 Å². The predicted molar refractivity (Wildman–Crippen MR) is 125 cm³/mol. The number of methoxy groups -OCH3 is 1. The molecule has 0 radical (unpaired) electrons. The molecule has 2 aromatic rings. The highest BCUT2D eigenvalue weighted by molar-refractivity contribution is 6.32. The first kappa shape index (κ1) is 23.9. The van der Waals surface area contributed by atoms with Gasteiger partial charge < -0.3 is 20.1 Å². The molecule has 1 amide bonds. The van der Waals surface area contributed by atoms with Crippen molar-refractivity contribution in [1.82, 2.24) is 4.90 Å². The molecular weight excluding hydrogens is 430 g/mol. The van der Waals surface area contributed by atoms with Crippen LogP contribution in [0.4, 0.5) is 5.69 Å². The third-order valence-corrected chi connectivity index (χ3v) is 6.10. The number of anilines is 1. The molecule has 2 N–H and O–H groups in total. The summed E-state index contributed by atoms with van der Waals surface area (Å²) >= 11 is 6.25. The molecule has 1 heterocycles. The van der Waals surface area contributed by atoms with Crippen molar-refractivity contribution in [1.29, 1.82) is 0 Å². The SMILES string of the molecule is COC(=O)Cc1ccc(Cl)c(OCCN2CCN(c3c(C)cccc3C)CC2C(N)=O)c1. The molecule has 0 aromatic heterocycles. The van der Waals surface area contributed by atoms with Gasteiger partial charge in [-0.15, -0.1) is 0 Å². The van der Waals surface area contributed by atoms with E-state index in [4.69, 9.17) is 26.8 Å². The highest BCUT2D eigenvalue weighted by atomic mass is 35.5. The summed E-state index contributed by atoms with van der Waals surface area (Å²) in [5.41, 5.74) is 10.0. The molecule has 7 nitrogen and oxygen atoms in total. The van der Waals surface area contributed by atoms with Crippen LogP contribution in [0.3, 0.4) is 0 Å². The number of carbonyl (C=O) groups excluding carboxylic acids is 2. The largest absolute Gasteiger partial charge is 0.491 e. The van der Waals surface area contributed by atoms with Crippen LogP contribution in [0.1, 0.15) is 16.7 Å². The van der Waals surface area contributed by atoms with Gasteiger partial charge in [0.2, 0.25) is 5.91 Å². The Morgan fingerprint density at radius 3 is 2.53 bits per heavy atom. The first-order chi connectivity index (χ1) is 15.3. The number of para-hydroxylation sites is 1. The van der Waals surface area contributed by atoms with Gasteiger partial charge >= 0.3 is 5.97 Å². The number of carbonyl (C=O) groups is 2. The van der Waals surface area contributed by atoms with Crippen LogP contribution in [0, 0.1) is 13.8 Å². The Kier molecular flexibility index (Phi) is 7.99. The van der Waals surface area contributed by atoms with Crippen molar-refractivity contribution in [2.24, 2.45) is 5.73 Å². The predicted octanol–water partition coefficient (Wildman–Crippen LogP) is 2.73. The second-order valence-electron chi connectivity index (χ2n) is 8.01. The molecular formula is C24H30ClN3O4. The number of hydrogen-bond acceptors (Lipinski definition) is 6. The monoisotopic (exact) mass is 459 g/mol. The fourth-order valence-corrected chi connectivity index (χ4v) is 4.32. The highest BCUT2D eigenvalue weighted by Gasteiger charge is 2.31. The van der Waals surface area contributed by atoms with Crippen LogP contribution in [0.5, 0.6) is 5.75 Å². The second kappa shape index (κ2) is 10.7. The smallest absolute Gasteiger partial charge is 0.309 e. The lowest BCUT2D eigenvalue weighted by Crippen LogP contribution is -2.59. The summed E-state index contributed by atoms with van der Waals surface area (Å²) in [6.45, 7) is 7.07. The Bertz CT molecular complexity index is 961. The number of primary amides is 1. The number of ether oxygens (including phenoxy) is 2. The lowest BCUT2D eigenvalue weighted by Gasteiger charge is -2.41. The van der Waals surface area contributed by atoms with Gasteiger partial charge in [-0.1, -0.05) is 35.9 Å². The summed E-state index contributed by atoms with van der Waals surface area (Å²) in [5, 5.41) is 0.463. The zero-order valence-corrected chi connectivity index (χ0v) is 19.5. The molecule has 1 fully saturated rings. The first-order valence-corrected chi connectivity index (χ1v) is 11.0. The van der Waals surface area contributed by atoms with E-state index in [2.05, 4.69) is 35.8 Å². The van der Waals surface area contributed by atoms with E-state index in [1.807, 2.05) is 6.07 Å². The van der Waals surface area contributed by atoms with Gasteiger partial charge in [-0.05, 0) is 42.7 Å². The summed E-state index contributed by atoms with van der Waals surface area (Å²) in [7, 11) is 1.35. The van der Waals surface area contributed by atoms with Crippen molar-refractivity contribution < 1.29 is 19.1 Å². The van der Waals surface area contributed by atoms with E-state index in [0.717, 1.165) is 12.1 Å². The van der Waals surface area contributed by atoms with E-state index in [9.17, 15) is 9.59 Å². The molecule has 1 unspecified atom stereocenters. The van der Waals surface area contributed by atoms with Gasteiger partial charge in [-0.25, -0.2) is 0 Å². The molecule has 0 bridgehead atoms. The van der Waals surface area contributed by atoms with Crippen molar-refractivity contribution in [3.63, 3.8) is 0 Å². The molecule has 1 atom stereocenters. The summed E-state index contributed by atoms with van der Waals surface area (Å²) in [6, 6.07) is 11.0. The number of esters is 1. The van der Waals surface area contributed by atoms with E-state index in [-0.39, 0.29) is 18.3 Å². The quantitative estimate of drug-likeness (QED) is 0.611. The summed E-state index contributed by atoms with van der Waals surface area (Å²) < 4.78 is 10.6. The molecule has 0 saturated carbocycles. The Labute approximate surface area is 194 Å². The van der Waals surface area contributed by atoms with E-state index in [1.54, 1.807) is 18.2 Å². The number of aryl methyl sites for hydroxylation is 2. The van der Waals surface area contributed by atoms with E-state index in [1.165, 1.54) is 23.9 Å². The van der Waals surface area contributed by atoms with Gasteiger partial charge in [0, 0.05) is 31.9 Å². The van der Waals surface area contributed by atoms with Gasteiger partial charge in [-0.2, -0.15) is 0 Å². The van der Waals surface area contributed by atoms with Crippen molar-refractivity contribution in [2.45, 2.75) is 26.3 Å². The van der Waals surface area contributed by atoms with E-state index in [0.29, 0.717) is 37.0 Å². The second-order valence-corrected chi connectivity index (χ2v) is 8.41. The number of hydrogen-bond donors (Lipinski definition) is 1. The number of nitrogens with zero attached hydrogens (tertiary/aromatic N) is 2. The third kappa shape index (κ3) is 5.72. The molecule has 1 saturated heterocycles. The number of benzene rings is 2. The zero-order chi connectivity index (χ0) is 23.3. The number of halogens is 1. The Morgan fingerprint density at radius 1 is 1.16 bits per heavy atom. The molecule has 3 rings (SSSR count). The molecule has 2 aromatic carbocycles. The zero-order valence-electron chi connectivity index (χ0n) is 18.8. The van der Waals surface area contributed by atoms with Crippen LogP contribution < -0.4 is 15.4 Å². The molecule has 32 heavy (non-hydrogen) atoms. The molecule has 8 heteroatoms. The molecule has 1 aliphatic rings. The Hall–Kier alpha value is -2.77. The third-order valence-electron chi connectivity index (χ3n) is 5.78. The maximum Gasteiger partial charge on any atom is 0.309 e. The Balaban J connectivity index is 1.63. The fraction of sp³-hybridized carbons (Fsp3) is 0.417. The van der Waals surface area contributed by atoms with Crippen molar-refractivity contribution >= 4 is 29.2 Å². The van der Waals surface area contributed by atoms with Crippen molar-refractivity contribution in [3.8, 4) is 5.75 Å². The van der Waals surface area contributed by atoms with Crippen LogP contribution >= 0.6 is 11.6 Å². The van der Waals surface area contributed by atoms with Crippen LogP contribution in [0.25, 0.3) is 0 Å². The lowest BCUT2D eigenvalue weighted by molar-refractivity contribution is -0.139. The lowest BCUT2D eigenvalue weighted by atomic mass is 10.0. The summed E-state index contributed by atoms with van der Waals surface area (Å²) in [5.74, 6) is -0.179. The fourth-order valence-electron chi connectivity index (χ4n) is 4.15. The number of rotatable bonds is 8. The number of amides is 1. The van der Waals surface area contributed by atoms with Crippen molar-refractivity contribution in [3.05, 3.63) is 58.1 Å². The van der Waals surface area contributed by atoms with Gasteiger partial charge in [-0.3, -0.25) is 14.5 Å². The van der Waals surface area contributed by atoms with Crippen LogP contribution in [0.2, 0.25) is 5.02 Å². The van der Waals surface area contributed by atoms with Gasteiger partial charge in [0.15, 0.2) is 0 Å².